The minimum Gasteiger partial charge on any atom is -0.376 e. The highest BCUT2D eigenvalue weighted by atomic mass is 79.9. The van der Waals surface area contributed by atoms with E-state index in [2.05, 4.69) is 74.5 Å². The van der Waals surface area contributed by atoms with Gasteiger partial charge < -0.3 is 14.6 Å². The van der Waals surface area contributed by atoms with Gasteiger partial charge in [0.05, 0.1) is 11.9 Å². The van der Waals surface area contributed by atoms with Gasteiger partial charge in [0.15, 0.2) is 0 Å². The number of benzene rings is 2. The summed E-state index contributed by atoms with van der Waals surface area (Å²) in [6, 6.07) is 16.8. The predicted molar refractivity (Wildman–Crippen MR) is 118 cm³/mol. The Morgan fingerprint density at radius 1 is 1.21 bits per heavy atom. The van der Waals surface area contributed by atoms with Crippen LogP contribution in [0.3, 0.4) is 0 Å². The number of carbonyl (C=O) groups excluding carboxylic acids is 1. The number of hydrogen-bond donors (Lipinski definition) is 1. The zero-order valence-corrected chi connectivity index (χ0v) is 18.0. The molecule has 4 nitrogen and oxygen atoms in total. The molecular formula is C22H23BrN2O2S. The van der Waals surface area contributed by atoms with Crippen molar-refractivity contribution in [3.8, 4) is 0 Å². The molecule has 1 aliphatic heterocycles. The number of para-hydroxylation sites is 1. The summed E-state index contributed by atoms with van der Waals surface area (Å²) in [7, 11) is 0. The van der Waals surface area contributed by atoms with Crippen molar-refractivity contribution in [2.45, 2.75) is 30.4 Å². The maximum atomic E-state index is 12.2. The molecule has 1 N–H and O–H groups in total. The van der Waals surface area contributed by atoms with Crippen LogP contribution in [0.25, 0.3) is 10.9 Å². The van der Waals surface area contributed by atoms with Crippen molar-refractivity contribution in [3.05, 3.63) is 64.8 Å². The molecule has 0 aliphatic carbocycles. The lowest BCUT2D eigenvalue weighted by atomic mass is 10.2. The van der Waals surface area contributed by atoms with Crippen LogP contribution in [0.1, 0.15) is 18.4 Å². The van der Waals surface area contributed by atoms with Crippen LogP contribution in [0.2, 0.25) is 0 Å². The van der Waals surface area contributed by atoms with Crippen LogP contribution in [-0.2, 0) is 16.1 Å². The van der Waals surface area contributed by atoms with Crippen LogP contribution in [0.5, 0.6) is 0 Å². The van der Waals surface area contributed by atoms with Gasteiger partial charge in [0.2, 0.25) is 5.91 Å². The van der Waals surface area contributed by atoms with E-state index >= 15 is 0 Å². The van der Waals surface area contributed by atoms with Gasteiger partial charge in [0.25, 0.3) is 0 Å². The van der Waals surface area contributed by atoms with E-state index < -0.39 is 0 Å². The molecule has 1 saturated heterocycles. The lowest BCUT2D eigenvalue weighted by Crippen LogP contribution is -2.32. The number of fused-ring (bicyclic) bond motifs is 1. The first-order valence-corrected chi connectivity index (χ1v) is 11.3. The third kappa shape index (κ3) is 4.80. The van der Waals surface area contributed by atoms with Crippen molar-refractivity contribution < 1.29 is 9.53 Å². The largest absolute Gasteiger partial charge is 0.376 e. The van der Waals surface area contributed by atoms with E-state index in [0.717, 1.165) is 35.4 Å². The average molecular weight is 459 g/mol. The van der Waals surface area contributed by atoms with Crippen molar-refractivity contribution >= 4 is 44.5 Å². The van der Waals surface area contributed by atoms with Crippen molar-refractivity contribution in [1.82, 2.24) is 9.88 Å². The number of ether oxygens (including phenoxy) is 1. The molecule has 28 heavy (non-hydrogen) atoms. The lowest BCUT2D eigenvalue weighted by molar-refractivity contribution is -0.119. The Morgan fingerprint density at radius 3 is 2.82 bits per heavy atom. The third-order valence-corrected chi connectivity index (χ3v) is 6.50. The number of hydrogen-bond acceptors (Lipinski definition) is 3. The average Bonchev–Trinajstić information content (AvgIpc) is 3.35. The van der Waals surface area contributed by atoms with Crippen molar-refractivity contribution in [2.24, 2.45) is 0 Å². The predicted octanol–water partition coefficient (Wildman–Crippen LogP) is 4.84. The maximum absolute atomic E-state index is 12.2. The van der Waals surface area contributed by atoms with Crippen molar-refractivity contribution in [3.63, 3.8) is 0 Å². The second-order valence-corrected chi connectivity index (χ2v) is 8.93. The normalized spacial score (nSPS) is 16.5. The Bertz CT molecular complexity index is 949. The van der Waals surface area contributed by atoms with E-state index in [1.807, 2.05) is 6.07 Å². The monoisotopic (exact) mass is 458 g/mol. The zero-order chi connectivity index (χ0) is 19.3. The van der Waals surface area contributed by atoms with Gasteiger partial charge in [0.1, 0.15) is 0 Å². The van der Waals surface area contributed by atoms with E-state index in [1.54, 1.807) is 11.8 Å². The molecule has 1 fully saturated rings. The fraction of sp³-hybridized carbons (Fsp3) is 0.318. The highest BCUT2D eigenvalue weighted by Crippen LogP contribution is 2.30. The van der Waals surface area contributed by atoms with Crippen LogP contribution in [0.15, 0.2) is 64.1 Å². The molecule has 1 amide bonds. The molecule has 0 bridgehead atoms. The molecule has 0 radical (unpaired) electrons. The van der Waals surface area contributed by atoms with Crippen LogP contribution < -0.4 is 5.32 Å². The number of nitrogens with one attached hydrogen (secondary N) is 1. The van der Waals surface area contributed by atoms with Crippen LogP contribution >= 0.6 is 27.7 Å². The molecule has 3 aromatic rings. The van der Waals surface area contributed by atoms with E-state index in [1.165, 1.54) is 16.5 Å². The summed E-state index contributed by atoms with van der Waals surface area (Å²) >= 11 is 5.08. The van der Waals surface area contributed by atoms with Gasteiger partial charge in [-0.15, -0.1) is 11.8 Å². The molecule has 1 atom stereocenters. The van der Waals surface area contributed by atoms with Crippen molar-refractivity contribution in [2.75, 3.05) is 18.9 Å². The highest BCUT2D eigenvalue weighted by Gasteiger charge is 2.16. The smallest absolute Gasteiger partial charge is 0.230 e. The summed E-state index contributed by atoms with van der Waals surface area (Å²) in [4.78, 5) is 13.4. The van der Waals surface area contributed by atoms with Gasteiger partial charge >= 0.3 is 0 Å². The molecule has 1 aliphatic rings. The minimum atomic E-state index is 0.0604. The topological polar surface area (TPSA) is 43.3 Å². The fourth-order valence-electron chi connectivity index (χ4n) is 3.47. The van der Waals surface area contributed by atoms with Gasteiger partial charge in [-0.2, -0.15) is 0 Å². The Kier molecular flexibility index (Phi) is 6.40. The number of nitrogens with zero attached hydrogens (tertiary/aromatic N) is 1. The maximum Gasteiger partial charge on any atom is 0.230 e. The molecule has 6 heteroatoms. The van der Waals surface area contributed by atoms with Gasteiger partial charge in [-0.25, -0.2) is 0 Å². The number of rotatable bonds is 7. The molecule has 0 spiro atoms. The summed E-state index contributed by atoms with van der Waals surface area (Å²) in [6.45, 7) is 2.23. The first-order chi connectivity index (χ1) is 13.7. The molecule has 1 aromatic heterocycles. The number of amides is 1. The van der Waals surface area contributed by atoms with E-state index in [-0.39, 0.29) is 12.0 Å². The van der Waals surface area contributed by atoms with E-state index in [0.29, 0.717) is 12.3 Å². The summed E-state index contributed by atoms with van der Waals surface area (Å²) < 4.78 is 8.90. The Labute approximate surface area is 177 Å². The molecule has 0 unspecified atom stereocenters. The molecule has 2 heterocycles. The molecule has 146 valence electrons. The summed E-state index contributed by atoms with van der Waals surface area (Å²) in [5.74, 6) is 0.476. The second kappa shape index (κ2) is 9.16. The van der Waals surface area contributed by atoms with Crippen LogP contribution in [0.4, 0.5) is 0 Å². The van der Waals surface area contributed by atoms with Gasteiger partial charge in [-0.3, -0.25) is 4.79 Å². The number of carbonyl (C=O) groups is 1. The fourth-order valence-corrected chi connectivity index (χ4v) is 4.66. The van der Waals surface area contributed by atoms with Gasteiger partial charge in [-0.1, -0.05) is 46.3 Å². The van der Waals surface area contributed by atoms with Crippen LogP contribution in [-0.4, -0.2) is 35.5 Å². The summed E-state index contributed by atoms with van der Waals surface area (Å²) in [5, 5.41) is 4.19. The molecule has 4 rings (SSSR count). The summed E-state index contributed by atoms with van der Waals surface area (Å²) in [5.41, 5.74) is 2.43. The Hall–Kier alpha value is -1.76. The van der Waals surface area contributed by atoms with Gasteiger partial charge in [-0.05, 0) is 36.6 Å². The Morgan fingerprint density at radius 2 is 2.04 bits per heavy atom. The standard InChI is InChI=1S/C22H23BrN2O2S/c23-17-9-7-16(8-10-17)13-25-14-21(19-5-1-2-6-20(19)25)28-15-22(26)24-12-18-4-3-11-27-18/h1-2,5-10,14,18H,3-4,11-13,15H2,(H,24,26)/t18-/m1/s1. The third-order valence-electron chi connectivity index (χ3n) is 4.93. The Balaban J connectivity index is 1.43. The summed E-state index contributed by atoms with van der Waals surface area (Å²) in [6.07, 6.45) is 4.47. The van der Waals surface area contributed by atoms with Crippen LogP contribution in [0, 0.1) is 0 Å². The minimum absolute atomic E-state index is 0.0604. The second-order valence-electron chi connectivity index (χ2n) is 6.99. The molecular weight excluding hydrogens is 436 g/mol. The number of halogens is 1. The first kappa shape index (κ1) is 19.6. The number of thioether (sulfide) groups is 1. The number of aromatic nitrogens is 1. The SMILES string of the molecule is O=C(CSc1cn(Cc2ccc(Br)cc2)c2ccccc12)NC[C@H]1CCCO1. The van der Waals surface area contributed by atoms with E-state index in [4.69, 9.17) is 4.74 Å². The molecule has 2 aromatic carbocycles. The zero-order valence-electron chi connectivity index (χ0n) is 15.6. The lowest BCUT2D eigenvalue weighted by Gasteiger charge is -2.10. The van der Waals surface area contributed by atoms with Gasteiger partial charge in [0, 0.05) is 46.2 Å². The first-order valence-electron chi connectivity index (χ1n) is 9.52. The highest BCUT2D eigenvalue weighted by molar-refractivity contribution is 9.10. The quantitative estimate of drug-likeness (QED) is 0.515. The molecule has 0 saturated carbocycles. The van der Waals surface area contributed by atoms with E-state index in [9.17, 15) is 4.79 Å². The van der Waals surface area contributed by atoms with Crippen molar-refractivity contribution in [1.29, 1.82) is 0 Å².